The zero-order valence-electron chi connectivity index (χ0n) is 10.9. The molecule has 1 aliphatic carbocycles. The fourth-order valence-electron chi connectivity index (χ4n) is 2.87. The fraction of sp³-hybridized carbons (Fsp3) is 1.00. The van der Waals surface area contributed by atoms with E-state index in [4.69, 9.17) is 0 Å². The summed E-state index contributed by atoms with van der Waals surface area (Å²) >= 11 is 0. The largest absolute Gasteiger partial charge is 0.393 e. The third kappa shape index (κ3) is 4.14. The monoisotopic (exact) mass is 212 g/mol. The van der Waals surface area contributed by atoms with Crippen molar-refractivity contribution in [3.63, 3.8) is 0 Å². The van der Waals surface area contributed by atoms with E-state index in [1.54, 1.807) is 0 Å². The Morgan fingerprint density at radius 1 is 0.933 bits per heavy atom. The average molecular weight is 212 g/mol. The van der Waals surface area contributed by atoms with Crippen molar-refractivity contribution in [2.45, 2.75) is 65.9 Å². The Bertz CT molecular complexity index is 166. The van der Waals surface area contributed by atoms with Crippen LogP contribution in [0.3, 0.4) is 0 Å². The number of rotatable bonds is 4. The lowest BCUT2D eigenvalue weighted by molar-refractivity contribution is 0.0517. The zero-order valence-corrected chi connectivity index (χ0v) is 10.9. The van der Waals surface area contributed by atoms with Crippen LogP contribution in [0.1, 0.15) is 59.8 Å². The van der Waals surface area contributed by atoms with Crippen LogP contribution in [0.4, 0.5) is 0 Å². The summed E-state index contributed by atoms with van der Waals surface area (Å²) in [6.45, 7) is 9.05. The van der Waals surface area contributed by atoms with Crippen LogP contribution in [0.15, 0.2) is 0 Å². The summed E-state index contributed by atoms with van der Waals surface area (Å²) in [6, 6.07) is 0. The van der Waals surface area contributed by atoms with Crippen LogP contribution >= 0.6 is 0 Å². The highest BCUT2D eigenvalue weighted by Gasteiger charge is 2.27. The molecule has 1 fully saturated rings. The first kappa shape index (κ1) is 13.0. The van der Waals surface area contributed by atoms with E-state index in [2.05, 4.69) is 27.7 Å². The molecule has 0 amide bonds. The third-order valence-corrected chi connectivity index (χ3v) is 4.02. The highest BCUT2D eigenvalue weighted by Crippen LogP contribution is 2.35. The number of hydrogen-bond acceptors (Lipinski definition) is 1. The predicted molar refractivity (Wildman–Crippen MR) is 65.7 cm³/mol. The van der Waals surface area contributed by atoms with Gasteiger partial charge in [-0.1, -0.05) is 27.7 Å². The van der Waals surface area contributed by atoms with E-state index in [-0.39, 0.29) is 6.10 Å². The second-order valence-electron chi connectivity index (χ2n) is 6.12. The fourth-order valence-corrected chi connectivity index (χ4v) is 2.87. The molecule has 90 valence electrons. The molecule has 0 aliphatic heterocycles. The Kier molecular flexibility index (Phi) is 5.11. The van der Waals surface area contributed by atoms with Gasteiger partial charge in [-0.15, -0.1) is 0 Å². The second kappa shape index (κ2) is 5.89. The van der Waals surface area contributed by atoms with Crippen LogP contribution < -0.4 is 0 Å². The Balaban J connectivity index is 2.30. The summed E-state index contributed by atoms with van der Waals surface area (Å²) in [5.41, 5.74) is 0. The molecule has 1 unspecified atom stereocenters. The molecule has 15 heavy (non-hydrogen) atoms. The lowest BCUT2D eigenvalue weighted by atomic mass is 9.74. The van der Waals surface area contributed by atoms with Gasteiger partial charge in [-0.2, -0.15) is 0 Å². The van der Waals surface area contributed by atoms with Crippen LogP contribution in [0, 0.1) is 23.7 Å². The average Bonchev–Trinajstić information content (AvgIpc) is 2.17. The van der Waals surface area contributed by atoms with E-state index in [9.17, 15) is 5.11 Å². The molecule has 0 aromatic heterocycles. The van der Waals surface area contributed by atoms with E-state index >= 15 is 0 Å². The van der Waals surface area contributed by atoms with E-state index in [1.165, 1.54) is 25.7 Å². The minimum Gasteiger partial charge on any atom is -0.393 e. The molecule has 0 spiro atoms. The molecule has 1 saturated carbocycles. The van der Waals surface area contributed by atoms with Gasteiger partial charge in [0.2, 0.25) is 0 Å². The normalized spacial score (nSPS) is 29.8. The molecule has 0 bridgehead atoms. The Morgan fingerprint density at radius 3 is 1.80 bits per heavy atom. The lowest BCUT2D eigenvalue weighted by Crippen LogP contribution is -2.28. The number of aliphatic hydroxyl groups excluding tert-OH is 1. The van der Waals surface area contributed by atoms with Crippen molar-refractivity contribution in [3.8, 4) is 0 Å². The first-order valence-corrected chi connectivity index (χ1v) is 6.68. The maximum atomic E-state index is 10.1. The van der Waals surface area contributed by atoms with Gasteiger partial charge in [-0.25, -0.2) is 0 Å². The van der Waals surface area contributed by atoms with Gasteiger partial charge in [0.1, 0.15) is 0 Å². The van der Waals surface area contributed by atoms with E-state index < -0.39 is 0 Å². The van der Waals surface area contributed by atoms with Gasteiger partial charge in [0.25, 0.3) is 0 Å². The van der Waals surface area contributed by atoms with Crippen molar-refractivity contribution < 1.29 is 5.11 Å². The molecule has 0 heterocycles. The molecule has 1 rings (SSSR count). The van der Waals surface area contributed by atoms with E-state index in [0.717, 1.165) is 18.3 Å². The van der Waals surface area contributed by atoms with Gasteiger partial charge in [-0.3, -0.25) is 0 Å². The summed E-state index contributed by atoms with van der Waals surface area (Å²) < 4.78 is 0. The Hall–Kier alpha value is -0.0400. The first-order valence-electron chi connectivity index (χ1n) is 6.68. The van der Waals surface area contributed by atoms with Crippen molar-refractivity contribution in [2.75, 3.05) is 0 Å². The topological polar surface area (TPSA) is 20.2 Å². The summed E-state index contributed by atoms with van der Waals surface area (Å²) in [7, 11) is 0. The van der Waals surface area contributed by atoms with Crippen LogP contribution in [0.25, 0.3) is 0 Å². The molecule has 1 nitrogen and oxygen atoms in total. The number of aliphatic hydroxyl groups is 1. The van der Waals surface area contributed by atoms with E-state index in [0.29, 0.717) is 11.8 Å². The SMILES string of the molecule is CC(C)CC(O)C1CCC(C(C)C)CC1. The second-order valence-corrected chi connectivity index (χ2v) is 6.12. The van der Waals surface area contributed by atoms with Gasteiger partial charge < -0.3 is 5.11 Å². The molecule has 0 aromatic carbocycles. The zero-order chi connectivity index (χ0) is 11.4. The summed E-state index contributed by atoms with van der Waals surface area (Å²) in [5.74, 6) is 2.95. The molecule has 1 N–H and O–H groups in total. The van der Waals surface area contributed by atoms with Crippen LogP contribution in [0.5, 0.6) is 0 Å². The Morgan fingerprint density at radius 2 is 1.40 bits per heavy atom. The summed E-state index contributed by atoms with van der Waals surface area (Å²) in [6.07, 6.45) is 6.09. The lowest BCUT2D eigenvalue weighted by Gasteiger charge is -2.33. The van der Waals surface area contributed by atoms with Crippen LogP contribution in [-0.2, 0) is 0 Å². The highest BCUT2D eigenvalue weighted by atomic mass is 16.3. The molecular formula is C14H28O. The van der Waals surface area contributed by atoms with Crippen molar-refractivity contribution in [2.24, 2.45) is 23.7 Å². The highest BCUT2D eigenvalue weighted by molar-refractivity contribution is 4.79. The van der Waals surface area contributed by atoms with Gasteiger partial charge in [0.15, 0.2) is 0 Å². The van der Waals surface area contributed by atoms with Crippen molar-refractivity contribution in [3.05, 3.63) is 0 Å². The maximum Gasteiger partial charge on any atom is 0.0570 e. The predicted octanol–water partition coefficient (Wildman–Crippen LogP) is 3.86. The van der Waals surface area contributed by atoms with Crippen LogP contribution in [0.2, 0.25) is 0 Å². The van der Waals surface area contributed by atoms with Gasteiger partial charge in [0, 0.05) is 0 Å². The van der Waals surface area contributed by atoms with Gasteiger partial charge in [-0.05, 0) is 55.8 Å². The first-order chi connectivity index (χ1) is 7.00. The third-order valence-electron chi connectivity index (χ3n) is 4.02. The molecule has 0 radical (unpaired) electrons. The van der Waals surface area contributed by atoms with Crippen molar-refractivity contribution in [1.82, 2.24) is 0 Å². The summed E-state index contributed by atoms with van der Waals surface area (Å²) in [4.78, 5) is 0. The molecule has 0 saturated heterocycles. The minimum atomic E-state index is -0.0434. The molecule has 0 aromatic rings. The van der Waals surface area contributed by atoms with Crippen LogP contribution in [-0.4, -0.2) is 11.2 Å². The molecule has 1 aliphatic rings. The molecule has 1 heteroatoms. The standard InChI is InChI=1S/C14H28O/c1-10(2)9-14(15)13-7-5-12(6-8-13)11(3)4/h10-15H,5-9H2,1-4H3. The van der Waals surface area contributed by atoms with E-state index in [1.807, 2.05) is 0 Å². The van der Waals surface area contributed by atoms with Crippen molar-refractivity contribution >= 4 is 0 Å². The van der Waals surface area contributed by atoms with Gasteiger partial charge >= 0.3 is 0 Å². The molecule has 1 atom stereocenters. The number of hydrogen-bond donors (Lipinski definition) is 1. The van der Waals surface area contributed by atoms with Crippen molar-refractivity contribution in [1.29, 1.82) is 0 Å². The maximum absolute atomic E-state index is 10.1. The smallest absolute Gasteiger partial charge is 0.0570 e. The molecular weight excluding hydrogens is 184 g/mol. The summed E-state index contributed by atoms with van der Waals surface area (Å²) in [5, 5.41) is 10.1. The Labute approximate surface area is 95.3 Å². The minimum absolute atomic E-state index is 0.0434. The van der Waals surface area contributed by atoms with Gasteiger partial charge in [0.05, 0.1) is 6.10 Å². The quantitative estimate of drug-likeness (QED) is 0.750.